The Morgan fingerprint density at radius 1 is 1.25 bits per heavy atom. The second-order valence-electron chi connectivity index (χ2n) is 4.14. The topological polar surface area (TPSA) is 64.9 Å². The first-order valence-electron chi connectivity index (χ1n) is 5.78. The lowest BCUT2D eigenvalue weighted by molar-refractivity contribution is 0.439. The molecule has 0 aliphatic carbocycles. The van der Waals surface area contributed by atoms with Gasteiger partial charge >= 0.3 is 0 Å². The lowest BCUT2D eigenvalue weighted by atomic mass is 10.0. The van der Waals surface area contributed by atoms with Gasteiger partial charge in [-0.2, -0.15) is 0 Å². The van der Waals surface area contributed by atoms with Gasteiger partial charge in [0.2, 0.25) is 5.88 Å². The van der Waals surface area contributed by atoms with E-state index < -0.39 is 5.82 Å². The van der Waals surface area contributed by atoms with Gasteiger partial charge in [-0.3, -0.25) is 4.98 Å². The molecule has 0 fully saturated rings. The summed E-state index contributed by atoms with van der Waals surface area (Å²) in [5, 5.41) is 3.87. The molecule has 2 aromatic heterocycles. The summed E-state index contributed by atoms with van der Waals surface area (Å²) in [6.45, 7) is 0. The fourth-order valence-corrected chi connectivity index (χ4v) is 2.38. The van der Waals surface area contributed by atoms with Crippen LogP contribution in [0.2, 0.25) is 0 Å². The summed E-state index contributed by atoms with van der Waals surface area (Å²) in [7, 11) is 0. The molecule has 1 aromatic carbocycles. The maximum Gasteiger partial charge on any atom is 0.230 e. The van der Waals surface area contributed by atoms with Crippen molar-refractivity contribution in [2.45, 2.75) is 0 Å². The molecular weight excluding hydrogens is 325 g/mol. The highest BCUT2D eigenvalue weighted by Crippen LogP contribution is 2.37. The van der Waals surface area contributed by atoms with Crippen LogP contribution in [0.5, 0.6) is 0 Å². The minimum absolute atomic E-state index is 0.148. The fourth-order valence-electron chi connectivity index (χ4n) is 1.98. The number of hydrogen-bond acceptors (Lipinski definition) is 4. The molecule has 0 unspecified atom stereocenters. The van der Waals surface area contributed by atoms with Crippen LogP contribution in [0.15, 0.2) is 51.7 Å². The fraction of sp³-hybridized carbons (Fsp3) is 0. The molecule has 2 N–H and O–H groups in total. The van der Waals surface area contributed by atoms with E-state index in [1.165, 1.54) is 12.3 Å². The molecule has 0 aliphatic heterocycles. The standard InChI is InChI=1S/C14H9BrFN3O/c15-9-3-1-2-8(6-9)12-13(19-20-14(12)17)10-4-5-18-7-11(10)16/h1-7H,17H2. The number of anilines is 1. The number of rotatable bonds is 2. The normalized spacial score (nSPS) is 10.7. The van der Waals surface area contributed by atoms with Crippen molar-refractivity contribution in [2.75, 3.05) is 5.73 Å². The third kappa shape index (κ3) is 2.18. The number of halogens is 2. The smallest absolute Gasteiger partial charge is 0.230 e. The third-order valence-electron chi connectivity index (χ3n) is 2.86. The van der Waals surface area contributed by atoms with E-state index in [9.17, 15) is 4.39 Å². The summed E-state index contributed by atoms with van der Waals surface area (Å²) in [5.41, 5.74) is 7.85. The molecule has 0 bridgehead atoms. The molecule has 100 valence electrons. The molecule has 3 aromatic rings. The minimum atomic E-state index is -0.475. The largest absolute Gasteiger partial charge is 0.367 e. The Balaban J connectivity index is 2.23. The molecule has 4 nitrogen and oxygen atoms in total. The van der Waals surface area contributed by atoms with Gasteiger partial charge in [0.15, 0.2) is 5.82 Å². The number of aromatic nitrogens is 2. The Kier molecular flexibility index (Phi) is 3.23. The number of pyridine rings is 1. The van der Waals surface area contributed by atoms with Crippen molar-refractivity contribution in [3.05, 3.63) is 53.0 Å². The predicted molar refractivity (Wildman–Crippen MR) is 77.2 cm³/mol. The molecule has 0 saturated heterocycles. The van der Waals surface area contributed by atoms with Gasteiger partial charge in [-0.05, 0) is 23.8 Å². The average Bonchev–Trinajstić information content (AvgIpc) is 2.81. The highest BCUT2D eigenvalue weighted by atomic mass is 79.9. The van der Waals surface area contributed by atoms with Crippen LogP contribution in [-0.2, 0) is 0 Å². The SMILES string of the molecule is Nc1onc(-c2ccncc2F)c1-c1cccc(Br)c1. The molecule has 0 saturated carbocycles. The summed E-state index contributed by atoms with van der Waals surface area (Å²) in [6.07, 6.45) is 2.62. The average molecular weight is 334 g/mol. The van der Waals surface area contributed by atoms with Gasteiger partial charge in [-0.25, -0.2) is 4.39 Å². The second-order valence-corrected chi connectivity index (χ2v) is 5.05. The number of nitrogens with two attached hydrogens (primary N) is 1. The molecule has 2 heterocycles. The summed E-state index contributed by atoms with van der Waals surface area (Å²) < 4.78 is 19.8. The zero-order valence-electron chi connectivity index (χ0n) is 10.2. The van der Waals surface area contributed by atoms with Crippen molar-refractivity contribution in [3.8, 4) is 22.4 Å². The van der Waals surface area contributed by atoms with Crippen LogP contribution >= 0.6 is 15.9 Å². The van der Waals surface area contributed by atoms with Gasteiger partial charge < -0.3 is 10.3 Å². The van der Waals surface area contributed by atoms with E-state index in [4.69, 9.17) is 10.3 Å². The Morgan fingerprint density at radius 3 is 2.85 bits per heavy atom. The van der Waals surface area contributed by atoms with Crippen LogP contribution in [0.25, 0.3) is 22.4 Å². The molecule has 0 amide bonds. The van der Waals surface area contributed by atoms with E-state index in [-0.39, 0.29) is 5.88 Å². The van der Waals surface area contributed by atoms with E-state index in [1.54, 1.807) is 0 Å². The van der Waals surface area contributed by atoms with Crippen molar-refractivity contribution in [2.24, 2.45) is 0 Å². The molecule has 0 spiro atoms. The van der Waals surface area contributed by atoms with Crippen molar-refractivity contribution in [1.29, 1.82) is 0 Å². The number of hydrogen-bond donors (Lipinski definition) is 1. The van der Waals surface area contributed by atoms with Gasteiger partial charge in [0, 0.05) is 16.2 Å². The highest BCUT2D eigenvalue weighted by molar-refractivity contribution is 9.10. The van der Waals surface area contributed by atoms with Crippen LogP contribution in [0.1, 0.15) is 0 Å². The Hall–Kier alpha value is -2.21. The first kappa shape index (κ1) is 12.8. The van der Waals surface area contributed by atoms with Crippen LogP contribution < -0.4 is 5.73 Å². The maximum atomic E-state index is 13.9. The van der Waals surface area contributed by atoms with Crippen molar-refractivity contribution in [3.63, 3.8) is 0 Å². The van der Waals surface area contributed by atoms with Gasteiger partial charge in [0.25, 0.3) is 0 Å². The van der Waals surface area contributed by atoms with Crippen molar-refractivity contribution < 1.29 is 8.91 Å². The summed E-state index contributed by atoms with van der Waals surface area (Å²) >= 11 is 3.39. The Labute approximate surface area is 122 Å². The second kappa shape index (κ2) is 5.05. The van der Waals surface area contributed by atoms with Gasteiger partial charge in [0.05, 0.1) is 11.8 Å². The van der Waals surface area contributed by atoms with Crippen molar-refractivity contribution in [1.82, 2.24) is 10.1 Å². The first-order chi connectivity index (χ1) is 9.66. The zero-order valence-corrected chi connectivity index (χ0v) is 11.8. The molecule has 3 rings (SSSR count). The minimum Gasteiger partial charge on any atom is -0.367 e. The van der Waals surface area contributed by atoms with Crippen LogP contribution in [0, 0.1) is 5.82 Å². The lowest BCUT2D eigenvalue weighted by Crippen LogP contribution is -1.90. The van der Waals surface area contributed by atoms with Crippen LogP contribution in [0.3, 0.4) is 0 Å². The van der Waals surface area contributed by atoms with E-state index in [0.717, 1.165) is 16.2 Å². The number of nitrogen functional groups attached to an aromatic ring is 1. The summed E-state index contributed by atoms with van der Waals surface area (Å²) in [6, 6.07) is 9.01. The van der Waals surface area contributed by atoms with E-state index in [0.29, 0.717) is 16.8 Å². The number of nitrogens with zero attached hydrogens (tertiary/aromatic N) is 2. The lowest BCUT2D eigenvalue weighted by Gasteiger charge is -2.04. The molecule has 0 atom stereocenters. The first-order valence-corrected chi connectivity index (χ1v) is 6.57. The maximum absolute atomic E-state index is 13.9. The van der Waals surface area contributed by atoms with E-state index >= 15 is 0 Å². The highest BCUT2D eigenvalue weighted by Gasteiger charge is 2.20. The molecule has 6 heteroatoms. The van der Waals surface area contributed by atoms with Crippen LogP contribution in [-0.4, -0.2) is 10.1 Å². The summed E-state index contributed by atoms with van der Waals surface area (Å²) in [4.78, 5) is 3.72. The summed E-state index contributed by atoms with van der Waals surface area (Å²) in [5.74, 6) is -0.327. The molecule has 20 heavy (non-hydrogen) atoms. The Bertz CT molecular complexity index is 773. The zero-order chi connectivity index (χ0) is 14.1. The van der Waals surface area contributed by atoms with E-state index in [1.807, 2.05) is 24.3 Å². The molecule has 0 aliphatic rings. The Morgan fingerprint density at radius 2 is 2.10 bits per heavy atom. The van der Waals surface area contributed by atoms with Crippen LogP contribution in [0.4, 0.5) is 10.3 Å². The predicted octanol–water partition coefficient (Wildman–Crippen LogP) is 3.89. The molecule has 0 radical (unpaired) electrons. The van der Waals surface area contributed by atoms with Gasteiger partial charge in [-0.1, -0.05) is 33.2 Å². The van der Waals surface area contributed by atoms with Gasteiger partial charge in [0.1, 0.15) is 5.69 Å². The monoisotopic (exact) mass is 333 g/mol. The van der Waals surface area contributed by atoms with E-state index in [2.05, 4.69) is 26.1 Å². The van der Waals surface area contributed by atoms with Crippen molar-refractivity contribution >= 4 is 21.8 Å². The van der Waals surface area contributed by atoms with Gasteiger partial charge in [-0.15, -0.1) is 0 Å². The molecular formula is C14H9BrFN3O. The quantitative estimate of drug-likeness (QED) is 0.772. The number of benzene rings is 1. The third-order valence-corrected chi connectivity index (χ3v) is 3.35.